The van der Waals surface area contributed by atoms with Crippen molar-refractivity contribution >= 4 is 17.9 Å². The second-order valence-electron chi connectivity index (χ2n) is 17.0. The van der Waals surface area contributed by atoms with Crippen LogP contribution in [0.3, 0.4) is 0 Å². The molecule has 0 saturated heterocycles. The second-order valence-corrected chi connectivity index (χ2v) is 17.0. The third kappa shape index (κ3) is 41.6. The number of carboxylic acids is 1. The van der Waals surface area contributed by atoms with Crippen molar-refractivity contribution in [2.45, 2.75) is 187 Å². The standard InChI is InChI=1S/C54H89NO7/c1-6-8-10-12-14-16-18-20-22-23-24-25-26-27-28-29-31-33-35-37-39-41-43-45-53(57)62-50(48-60-47-46-51(54(58)59)55(3,4)5)49-61-52(56)44-42-40-38-36-34-32-30-21-19-17-15-13-11-9-7-2/h8,10,14-17,19-22,24-25,27-28,31,33,50-51H,6-7,9,11-13,18,23,26,29-30,32,34-49H2,1-5H3/p+1/b10-8+,16-14+,17-15+,21-19+,22-20+,25-24+,28-27+,33-31+. The zero-order valence-corrected chi connectivity index (χ0v) is 40.0. The Balaban J connectivity index is 4.38. The summed E-state index contributed by atoms with van der Waals surface area (Å²) in [5.41, 5.74) is 0. The van der Waals surface area contributed by atoms with E-state index in [2.05, 4.69) is 111 Å². The van der Waals surface area contributed by atoms with Gasteiger partial charge in [0.05, 0.1) is 34.4 Å². The Labute approximate surface area is 379 Å². The molecule has 0 fully saturated rings. The molecule has 0 bridgehead atoms. The number of hydrogen-bond donors (Lipinski definition) is 1. The van der Waals surface area contributed by atoms with Gasteiger partial charge in [0.25, 0.3) is 0 Å². The van der Waals surface area contributed by atoms with E-state index < -0.39 is 18.1 Å². The highest BCUT2D eigenvalue weighted by Crippen LogP contribution is 2.13. The molecule has 2 atom stereocenters. The highest BCUT2D eigenvalue weighted by Gasteiger charge is 2.31. The van der Waals surface area contributed by atoms with Crippen LogP contribution in [0.25, 0.3) is 0 Å². The van der Waals surface area contributed by atoms with Gasteiger partial charge in [-0.25, -0.2) is 4.79 Å². The molecular weight excluding hydrogens is 775 g/mol. The van der Waals surface area contributed by atoms with Gasteiger partial charge in [-0.3, -0.25) is 9.59 Å². The van der Waals surface area contributed by atoms with Gasteiger partial charge in [0, 0.05) is 19.3 Å². The fraction of sp³-hybridized carbons (Fsp3) is 0.648. The van der Waals surface area contributed by atoms with Crippen molar-refractivity contribution in [3.63, 3.8) is 0 Å². The van der Waals surface area contributed by atoms with Crippen molar-refractivity contribution in [3.05, 3.63) is 97.2 Å². The fourth-order valence-electron chi connectivity index (χ4n) is 6.50. The van der Waals surface area contributed by atoms with Gasteiger partial charge in [-0.2, -0.15) is 0 Å². The summed E-state index contributed by atoms with van der Waals surface area (Å²) < 4.78 is 17.3. The molecule has 8 heteroatoms. The molecule has 8 nitrogen and oxygen atoms in total. The van der Waals surface area contributed by atoms with Gasteiger partial charge in [-0.15, -0.1) is 0 Å². The van der Waals surface area contributed by atoms with E-state index in [1.54, 1.807) is 0 Å². The first-order chi connectivity index (χ1) is 30.1. The molecule has 0 radical (unpaired) electrons. The summed E-state index contributed by atoms with van der Waals surface area (Å²) in [5, 5.41) is 9.64. The molecule has 1 N–H and O–H groups in total. The smallest absolute Gasteiger partial charge is 0.362 e. The molecule has 0 saturated carbocycles. The summed E-state index contributed by atoms with van der Waals surface area (Å²) in [7, 11) is 5.51. The summed E-state index contributed by atoms with van der Waals surface area (Å²) in [5.74, 6) is -1.53. The number of carboxylic acid groups (broad SMARTS) is 1. The Morgan fingerprint density at radius 2 is 0.952 bits per heavy atom. The van der Waals surface area contributed by atoms with Gasteiger partial charge >= 0.3 is 17.9 Å². The fourth-order valence-corrected chi connectivity index (χ4v) is 6.50. The molecule has 0 rings (SSSR count). The molecule has 62 heavy (non-hydrogen) atoms. The van der Waals surface area contributed by atoms with Crippen molar-refractivity contribution < 1.29 is 38.2 Å². The largest absolute Gasteiger partial charge is 0.477 e. The number of carbonyl (C=O) groups excluding carboxylic acids is 2. The predicted molar refractivity (Wildman–Crippen MR) is 261 cm³/mol. The van der Waals surface area contributed by atoms with Crippen LogP contribution >= 0.6 is 0 Å². The molecule has 0 aliphatic heterocycles. The van der Waals surface area contributed by atoms with Crippen molar-refractivity contribution in [2.24, 2.45) is 0 Å². The normalized spacial score (nSPS) is 13.8. The van der Waals surface area contributed by atoms with Crippen LogP contribution < -0.4 is 0 Å². The highest BCUT2D eigenvalue weighted by molar-refractivity contribution is 5.72. The van der Waals surface area contributed by atoms with Gasteiger partial charge < -0.3 is 23.8 Å². The first-order valence-electron chi connectivity index (χ1n) is 24.3. The minimum absolute atomic E-state index is 0.0406. The van der Waals surface area contributed by atoms with E-state index in [1.165, 1.54) is 32.1 Å². The lowest BCUT2D eigenvalue weighted by atomic mass is 10.1. The minimum atomic E-state index is -0.885. The highest BCUT2D eigenvalue weighted by atomic mass is 16.6. The van der Waals surface area contributed by atoms with E-state index in [4.69, 9.17) is 14.2 Å². The molecule has 0 heterocycles. The topological polar surface area (TPSA) is 99.1 Å². The maximum absolute atomic E-state index is 12.8. The molecule has 0 aliphatic carbocycles. The molecule has 0 aromatic rings. The third-order valence-electron chi connectivity index (χ3n) is 10.2. The van der Waals surface area contributed by atoms with Crippen LogP contribution in [0, 0.1) is 0 Å². The van der Waals surface area contributed by atoms with Gasteiger partial charge in [0.2, 0.25) is 0 Å². The van der Waals surface area contributed by atoms with E-state index in [0.29, 0.717) is 19.3 Å². The second kappa shape index (κ2) is 43.9. The summed E-state index contributed by atoms with van der Waals surface area (Å²) in [6.07, 6.45) is 58.8. The SMILES string of the molecule is CC/C=C/C/C=C/C/C=C/C/C=C/C/C=C/C/C=C/CCCCCCC(=O)OC(COCCC(C(=O)O)[N+](C)(C)C)COC(=O)CCCCCCCC/C=C/C=C/CCCCC. The summed E-state index contributed by atoms with van der Waals surface area (Å²) in [4.78, 5) is 37.1. The van der Waals surface area contributed by atoms with Crippen molar-refractivity contribution in [1.82, 2.24) is 0 Å². The molecule has 0 spiro atoms. The first-order valence-corrected chi connectivity index (χ1v) is 24.3. The Bertz CT molecular complexity index is 1330. The summed E-state index contributed by atoms with van der Waals surface area (Å²) in [6, 6.07) is -0.627. The number of hydrogen-bond acceptors (Lipinski definition) is 6. The van der Waals surface area contributed by atoms with Crippen LogP contribution in [0.5, 0.6) is 0 Å². The summed E-state index contributed by atoms with van der Waals surface area (Å²) >= 11 is 0. The van der Waals surface area contributed by atoms with Crippen molar-refractivity contribution in [2.75, 3.05) is 41.0 Å². The summed E-state index contributed by atoms with van der Waals surface area (Å²) in [6.45, 7) is 4.54. The lowest BCUT2D eigenvalue weighted by molar-refractivity contribution is -0.887. The van der Waals surface area contributed by atoms with Crippen LogP contribution in [-0.2, 0) is 28.6 Å². The Hall–Kier alpha value is -3.75. The quantitative estimate of drug-likeness (QED) is 0.0214. The lowest BCUT2D eigenvalue weighted by Crippen LogP contribution is -2.50. The number of esters is 2. The van der Waals surface area contributed by atoms with Crippen LogP contribution in [-0.4, -0.2) is 80.6 Å². The molecular formula is C54H90NO7+. The molecule has 2 unspecified atom stereocenters. The number of carbonyl (C=O) groups is 3. The van der Waals surface area contributed by atoms with Gasteiger partial charge in [0.1, 0.15) is 6.61 Å². The number of nitrogens with zero attached hydrogens (tertiary/aromatic N) is 1. The Kier molecular flexibility index (Phi) is 41.2. The molecule has 0 aliphatic rings. The maximum atomic E-state index is 12.8. The number of allylic oxidation sites excluding steroid dienone is 16. The predicted octanol–water partition coefficient (Wildman–Crippen LogP) is 13.9. The first kappa shape index (κ1) is 58.2. The average molecular weight is 865 g/mol. The maximum Gasteiger partial charge on any atom is 0.362 e. The number of aliphatic carboxylic acids is 1. The molecule has 0 amide bonds. The van der Waals surface area contributed by atoms with Gasteiger partial charge in [0.15, 0.2) is 12.1 Å². The number of ether oxygens (including phenoxy) is 3. The number of unbranched alkanes of at least 4 members (excludes halogenated alkanes) is 13. The zero-order chi connectivity index (χ0) is 45.6. The van der Waals surface area contributed by atoms with E-state index >= 15 is 0 Å². The third-order valence-corrected chi connectivity index (χ3v) is 10.2. The number of likely N-dealkylation sites (N-methyl/N-ethyl adjacent to an activating group) is 1. The average Bonchev–Trinajstić information content (AvgIpc) is 3.23. The van der Waals surface area contributed by atoms with E-state index in [1.807, 2.05) is 21.1 Å². The Morgan fingerprint density at radius 3 is 1.44 bits per heavy atom. The Morgan fingerprint density at radius 1 is 0.516 bits per heavy atom. The lowest BCUT2D eigenvalue weighted by Gasteiger charge is -2.31. The van der Waals surface area contributed by atoms with Crippen LogP contribution in [0.1, 0.15) is 174 Å². The zero-order valence-electron chi connectivity index (χ0n) is 40.0. The van der Waals surface area contributed by atoms with Crippen molar-refractivity contribution in [1.29, 1.82) is 0 Å². The van der Waals surface area contributed by atoms with E-state index in [9.17, 15) is 19.5 Å². The number of rotatable bonds is 42. The van der Waals surface area contributed by atoms with E-state index in [0.717, 1.165) is 109 Å². The van der Waals surface area contributed by atoms with Gasteiger partial charge in [-0.1, -0.05) is 162 Å². The van der Waals surface area contributed by atoms with Gasteiger partial charge in [-0.05, 0) is 89.9 Å². The van der Waals surface area contributed by atoms with Crippen LogP contribution in [0.4, 0.5) is 0 Å². The molecule has 352 valence electrons. The van der Waals surface area contributed by atoms with Crippen LogP contribution in [0.2, 0.25) is 0 Å². The van der Waals surface area contributed by atoms with Crippen LogP contribution in [0.15, 0.2) is 97.2 Å². The monoisotopic (exact) mass is 865 g/mol. The number of quaternary nitrogens is 1. The minimum Gasteiger partial charge on any atom is -0.477 e. The van der Waals surface area contributed by atoms with E-state index in [-0.39, 0.29) is 36.2 Å². The van der Waals surface area contributed by atoms with Crippen molar-refractivity contribution in [3.8, 4) is 0 Å². The molecule has 0 aromatic heterocycles. The molecule has 0 aromatic carbocycles.